The van der Waals surface area contributed by atoms with Crippen molar-refractivity contribution in [2.45, 2.75) is 62.9 Å². The molecule has 4 heteroatoms. The molecule has 4 nitrogen and oxygen atoms in total. The maximum atomic E-state index is 7.81. The number of fused-ring (bicyclic) bond motifs is 13. The van der Waals surface area contributed by atoms with Crippen LogP contribution in [0.4, 0.5) is 0 Å². The highest BCUT2D eigenvalue weighted by Gasteiger charge is 2.50. The van der Waals surface area contributed by atoms with Crippen molar-refractivity contribution >= 4 is 27.9 Å². The Bertz CT molecular complexity index is 2310. The molecule has 262 valence electrons. The number of hydrogen-bond donors (Lipinski definition) is 0. The van der Waals surface area contributed by atoms with E-state index in [1.54, 1.807) is 19.8 Å². The lowest BCUT2D eigenvalue weighted by Gasteiger charge is -2.50. The van der Waals surface area contributed by atoms with Gasteiger partial charge in [-0.2, -0.15) is 0 Å². The van der Waals surface area contributed by atoms with E-state index in [0.717, 1.165) is 34.3 Å². The summed E-state index contributed by atoms with van der Waals surface area (Å²) >= 11 is 0. The number of rotatable bonds is 5. The zero-order chi connectivity index (χ0) is 35.1. The van der Waals surface area contributed by atoms with Crippen LogP contribution < -0.4 is 14.2 Å². The third kappa shape index (κ3) is 4.45. The van der Waals surface area contributed by atoms with Gasteiger partial charge in [0, 0.05) is 40.2 Å². The van der Waals surface area contributed by atoms with Crippen LogP contribution in [0.15, 0.2) is 103 Å². The first-order chi connectivity index (χ1) is 25.5. The predicted octanol–water partition coefficient (Wildman–Crippen LogP) is 11.8. The second kappa shape index (κ2) is 12.0. The molecule has 10 rings (SSSR count). The van der Waals surface area contributed by atoms with Gasteiger partial charge < -0.3 is 18.8 Å². The molecule has 4 aliphatic rings. The highest BCUT2D eigenvalue weighted by Crippen LogP contribution is 2.64. The number of methoxy groups -OCH3 is 2. The topological polar surface area (TPSA) is 32.6 Å². The maximum Gasteiger partial charge on any atom is 0.178 e. The molecule has 2 saturated carbocycles. The predicted molar refractivity (Wildman–Crippen MR) is 212 cm³/mol. The summed E-state index contributed by atoms with van der Waals surface area (Å²) in [4.78, 5) is 0. The molecule has 4 atom stereocenters. The molecule has 0 radical (unpaired) electrons. The average Bonchev–Trinajstić information content (AvgIpc) is 3.84. The van der Waals surface area contributed by atoms with Gasteiger partial charge in [-0.15, -0.1) is 0 Å². The molecule has 6 aromatic rings. The van der Waals surface area contributed by atoms with Crippen molar-refractivity contribution in [2.24, 2.45) is 24.8 Å². The van der Waals surface area contributed by atoms with Crippen LogP contribution in [-0.4, -0.2) is 18.8 Å². The van der Waals surface area contributed by atoms with Crippen LogP contribution in [0.5, 0.6) is 17.2 Å². The summed E-state index contributed by atoms with van der Waals surface area (Å²) in [6, 6.07) is 35.1. The minimum atomic E-state index is -0.861. The molecule has 0 spiro atoms. The van der Waals surface area contributed by atoms with Gasteiger partial charge in [0.2, 0.25) is 0 Å². The summed E-state index contributed by atoms with van der Waals surface area (Å²) in [7, 11) is 5.71. The molecule has 2 fully saturated rings. The molecule has 3 aliphatic carbocycles. The van der Waals surface area contributed by atoms with E-state index in [0.29, 0.717) is 23.7 Å². The Hall–Kier alpha value is -4.96. The highest BCUT2D eigenvalue weighted by molar-refractivity contribution is 6.18. The monoisotopic (exact) mass is 685 g/mol. The van der Waals surface area contributed by atoms with Crippen molar-refractivity contribution in [3.05, 3.63) is 131 Å². The molecule has 2 heterocycles. The molecule has 0 saturated heterocycles. The average molecular weight is 686 g/mol. The molecule has 1 aliphatic heterocycles. The van der Waals surface area contributed by atoms with E-state index in [2.05, 4.69) is 103 Å². The van der Waals surface area contributed by atoms with Gasteiger partial charge in [0.25, 0.3) is 0 Å². The summed E-state index contributed by atoms with van der Waals surface area (Å²) < 4.78 is 21.5. The van der Waals surface area contributed by atoms with Gasteiger partial charge in [0.05, 0.1) is 25.1 Å². The Morgan fingerprint density at radius 3 is 2.08 bits per heavy atom. The first-order valence-electron chi connectivity index (χ1n) is 19.4. The molecule has 5 aromatic carbocycles. The largest absolute Gasteiger partial charge is 0.497 e. The molecular weight excluding hydrogens is 639 g/mol. The Labute approximate surface area is 307 Å². The van der Waals surface area contributed by atoms with Gasteiger partial charge in [-0.05, 0) is 95.5 Å². The second-order valence-electron chi connectivity index (χ2n) is 15.9. The Balaban J connectivity index is 1.32. The fourth-order valence-corrected chi connectivity index (χ4v) is 11.1. The zero-order valence-electron chi connectivity index (χ0n) is 30.7. The standard InChI is InChI=1S/C48H47NO3/c1-29-17-26-35(30-11-5-6-12-30)42-41(29)36-13-7-8-14-37(36)44-43(42)39-27-28-48(31-18-22-33(50-3)23-19-31,32-20-24-34(51-4)25-21-32)52-47(39)45-38-15-9-10-16-40(38)49(2)46(44)45/h7-10,13-16,18-25,27-30,35,41-42H,5-6,11-12,17,26H2,1-4H3. The molecule has 0 bridgehead atoms. The number of benzene rings is 5. The Kier molecular flexibility index (Phi) is 7.36. The van der Waals surface area contributed by atoms with Crippen LogP contribution in [0.2, 0.25) is 0 Å². The summed E-state index contributed by atoms with van der Waals surface area (Å²) in [5.41, 5.74) is 11.0. The minimum Gasteiger partial charge on any atom is -0.497 e. The fourth-order valence-electron chi connectivity index (χ4n) is 11.1. The number of nitrogens with zero attached hydrogens (tertiary/aromatic N) is 1. The van der Waals surface area contributed by atoms with E-state index in [9.17, 15) is 0 Å². The van der Waals surface area contributed by atoms with Crippen LogP contribution in [0.1, 0.15) is 85.1 Å². The summed E-state index contributed by atoms with van der Waals surface area (Å²) in [6.45, 7) is 2.52. The summed E-state index contributed by atoms with van der Waals surface area (Å²) in [6.07, 6.45) is 12.9. The van der Waals surface area contributed by atoms with Gasteiger partial charge in [0.1, 0.15) is 17.2 Å². The number of aromatic nitrogens is 1. The van der Waals surface area contributed by atoms with Gasteiger partial charge >= 0.3 is 0 Å². The second-order valence-corrected chi connectivity index (χ2v) is 15.9. The Morgan fingerprint density at radius 1 is 0.731 bits per heavy atom. The van der Waals surface area contributed by atoms with Crippen molar-refractivity contribution in [3.8, 4) is 28.4 Å². The third-order valence-electron chi connectivity index (χ3n) is 13.5. The number of ether oxygens (including phenoxy) is 3. The number of hydrogen-bond acceptors (Lipinski definition) is 3. The highest BCUT2D eigenvalue weighted by atomic mass is 16.5. The molecule has 4 unspecified atom stereocenters. The van der Waals surface area contributed by atoms with Gasteiger partial charge in [-0.1, -0.05) is 105 Å². The summed E-state index contributed by atoms with van der Waals surface area (Å²) in [5, 5.41) is 2.44. The number of para-hydroxylation sites is 1. The van der Waals surface area contributed by atoms with Crippen molar-refractivity contribution in [1.82, 2.24) is 4.57 Å². The maximum absolute atomic E-state index is 7.81. The van der Waals surface area contributed by atoms with E-state index in [1.165, 1.54) is 82.6 Å². The van der Waals surface area contributed by atoms with E-state index in [-0.39, 0.29) is 0 Å². The minimum absolute atomic E-state index is 0.440. The molecule has 1 aromatic heterocycles. The van der Waals surface area contributed by atoms with Crippen molar-refractivity contribution in [2.75, 3.05) is 14.2 Å². The molecule has 52 heavy (non-hydrogen) atoms. The fraction of sp³-hybridized carbons (Fsp3) is 0.333. The molecule has 0 amide bonds. The molecular formula is C48H47NO3. The van der Waals surface area contributed by atoms with E-state index in [1.807, 2.05) is 24.3 Å². The molecule has 0 N–H and O–H groups in total. The quantitative estimate of drug-likeness (QED) is 0.181. The zero-order valence-corrected chi connectivity index (χ0v) is 30.7. The third-order valence-corrected chi connectivity index (χ3v) is 13.5. The first kappa shape index (κ1) is 31.7. The SMILES string of the molecule is COc1ccc(C2(c3ccc(OC)cc3)C=Cc3c4c(c5c(c3O2)c2ccccc2n5C)-c2ccccc2C2C(C)CCC(C3CCCC3)C42)cc1. The normalized spacial score (nSPS) is 23.1. The van der Waals surface area contributed by atoms with Crippen LogP contribution in [0.25, 0.3) is 39.0 Å². The van der Waals surface area contributed by atoms with Gasteiger partial charge in [-0.3, -0.25) is 0 Å². The van der Waals surface area contributed by atoms with Crippen molar-refractivity contribution in [3.63, 3.8) is 0 Å². The van der Waals surface area contributed by atoms with Crippen LogP contribution in [0, 0.1) is 17.8 Å². The smallest absolute Gasteiger partial charge is 0.178 e. The lowest BCUT2D eigenvalue weighted by atomic mass is 9.54. The van der Waals surface area contributed by atoms with Crippen molar-refractivity contribution in [1.29, 1.82) is 0 Å². The lowest BCUT2D eigenvalue weighted by Crippen LogP contribution is -2.38. The lowest BCUT2D eigenvalue weighted by molar-refractivity contribution is 0.147. The first-order valence-corrected chi connectivity index (χ1v) is 19.4. The number of aryl methyl sites for hydroxylation is 1. The van der Waals surface area contributed by atoms with Crippen LogP contribution >= 0.6 is 0 Å². The van der Waals surface area contributed by atoms with Crippen LogP contribution in [0.3, 0.4) is 0 Å². The Morgan fingerprint density at radius 2 is 1.38 bits per heavy atom. The van der Waals surface area contributed by atoms with E-state index >= 15 is 0 Å². The van der Waals surface area contributed by atoms with E-state index in [4.69, 9.17) is 14.2 Å². The van der Waals surface area contributed by atoms with E-state index < -0.39 is 5.60 Å². The van der Waals surface area contributed by atoms with Crippen molar-refractivity contribution < 1.29 is 14.2 Å². The van der Waals surface area contributed by atoms with Crippen LogP contribution in [-0.2, 0) is 12.6 Å². The van der Waals surface area contributed by atoms with Gasteiger partial charge in [0.15, 0.2) is 5.60 Å². The van der Waals surface area contributed by atoms with Gasteiger partial charge in [-0.25, -0.2) is 0 Å². The summed E-state index contributed by atoms with van der Waals surface area (Å²) in [5.74, 6) is 5.64.